The van der Waals surface area contributed by atoms with E-state index < -0.39 is 18.1 Å². The van der Waals surface area contributed by atoms with Gasteiger partial charge < -0.3 is 14.8 Å². The van der Waals surface area contributed by atoms with Crippen LogP contribution in [0.3, 0.4) is 0 Å². The van der Waals surface area contributed by atoms with Crippen LogP contribution in [-0.4, -0.2) is 30.5 Å². The fraction of sp³-hybridized carbons (Fsp3) is 0.211. The Kier molecular flexibility index (Phi) is 6.71. The molecule has 2 rings (SSSR count). The average molecular weight is 341 g/mol. The Morgan fingerprint density at radius 3 is 2.16 bits per heavy atom. The lowest BCUT2D eigenvalue weighted by Crippen LogP contribution is -2.40. The fourth-order valence-corrected chi connectivity index (χ4v) is 1.97. The van der Waals surface area contributed by atoms with E-state index in [1.165, 1.54) is 6.92 Å². The van der Waals surface area contributed by atoms with Gasteiger partial charge in [-0.2, -0.15) is 0 Å². The maximum absolute atomic E-state index is 11.9. The normalized spacial score (nSPS) is 11.2. The first-order valence-electron chi connectivity index (χ1n) is 7.78. The highest BCUT2D eigenvalue weighted by Crippen LogP contribution is 2.02. The Labute approximate surface area is 145 Å². The Hall–Kier alpha value is -3.15. The third-order valence-corrected chi connectivity index (χ3v) is 3.34. The summed E-state index contributed by atoms with van der Waals surface area (Å²) in [6, 6.07) is 16.8. The van der Waals surface area contributed by atoms with Crippen molar-refractivity contribution in [1.82, 2.24) is 5.32 Å². The average Bonchev–Trinajstić information content (AvgIpc) is 2.65. The van der Waals surface area contributed by atoms with Crippen LogP contribution in [0.25, 0.3) is 0 Å². The molecule has 0 heterocycles. The van der Waals surface area contributed by atoms with Gasteiger partial charge in [-0.15, -0.1) is 0 Å². The number of alkyl carbamates (subject to hydrolysis) is 1. The number of amides is 1. The van der Waals surface area contributed by atoms with Crippen molar-refractivity contribution in [2.75, 3.05) is 6.61 Å². The monoisotopic (exact) mass is 341 g/mol. The van der Waals surface area contributed by atoms with Crippen molar-refractivity contribution < 1.29 is 23.9 Å². The third kappa shape index (κ3) is 6.10. The van der Waals surface area contributed by atoms with Crippen LogP contribution < -0.4 is 5.32 Å². The molecule has 0 aliphatic carbocycles. The van der Waals surface area contributed by atoms with Gasteiger partial charge in [0.05, 0.1) is 0 Å². The van der Waals surface area contributed by atoms with E-state index in [1.54, 1.807) is 30.3 Å². The molecule has 1 atom stereocenters. The lowest BCUT2D eigenvalue weighted by atomic mass is 10.1. The molecule has 0 aliphatic rings. The van der Waals surface area contributed by atoms with E-state index in [4.69, 9.17) is 9.47 Å². The van der Waals surface area contributed by atoms with Gasteiger partial charge in [0, 0.05) is 5.56 Å². The lowest BCUT2D eigenvalue weighted by Gasteiger charge is -2.13. The van der Waals surface area contributed by atoms with E-state index in [1.807, 2.05) is 30.3 Å². The van der Waals surface area contributed by atoms with Crippen LogP contribution in [0.4, 0.5) is 4.79 Å². The Balaban J connectivity index is 1.72. The van der Waals surface area contributed by atoms with Crippen LogP contribution in [0, 0.1) is 0 Å². The molecule has 0 aliphatic heterocycles. The van der Waals surface area contributed by atoms with Gasteiger partial charge in [-0.05, 0) is 12.5 Å². The number of carbonyl (C=O) groups is 3. The summed E-state index contributed by atoms with van der Waals surface area (Å²) >= 11 is 0. The molecule has 2 aromatic carbocycles. The molecular formula is C19H19NO5. The molecule has 0 unspecified atom stereocenters. The highest BCUT2D eigenvalue weighted by molar-refractivity contribution is 5.98. The summed E-state index contributed by atoms with van der Waals surface area (Å²) in [5, 5.41) is 2.37. The molecule has 1 N–H and O–H groups in total. The molecule has 1 amide bonds. The van der Waals surface area contributed by atoms with E-state index in [0.717, 1.165) is 5.56 Å². The highest BCUT2D eigenvalue weighted by Gasteiger charge is 2.19. The van der Waals surface area contributed by atoms with E-state index >= 15 is 0 Å². The summed E-state index contributed by atoms with van der Waals surface area (Å²) in [5.74, 6) is -1.02. The topological polar surface area (TPSA) is 81.7 Å². The zero-order chi connectivity index (χ0) is 18.1. The molecule has 0 saturated carbocycles. The van der Waals surface area contributed by atoms with E-state index in [-0.39, 0.29) is 19.0 Å². The molecule has 130 valence electrons. The Bertz CT molecular complexity index is 715. The summed E-state index contributed by atoms with van der Waals surface area (Å²) in [7, 11) is 0. The van der Waals surface area contributed by atoms with Crippen LogP contribution in [0.15, 0.2) is 60.7 Å². The molecule has 25 heavy (non-hydrogen) atoms. The van der Waals surface area contributed by atoms with Crippen molar-refractivity contribution in [3.63, 3.8) is 0 Å². The summed E-state index contributed by atoms with van der Waals surface area (Å²) in [6.07, 6.45) is -0.734. The Morgan fingerprint density at radius 1 is 0.920 bits per heavy atom. The van der Waals surface area contributed by atoms with Gasteiger partial charge in [0.2, 0.25) is 0 Å². The molecule has 0 fully saturated rings. The molecule has 0 aromatic heterocycles. The van der Waals surface area contributed by atoms with Gasteiger partial charge in [0.15, 0.2) is 12.4 Å². The minimum atomic E-state index is -0.924. The number of esters is 1. The maximum Gasteiger partial charge on any atom is 0.408 e. The second kappa shape index (κ2) is 9.22. The molecule has 6 heteroatoms. The summed E-state index contributed by atoms with van der Waals surface area (Å²) < 4.78 is 9.94. The van der Waals surface area contributed by atoms with Gasteiger partial charge in [0.25, 0.3) is 0 Å². The maximum atomic E-state index is 11.9. The number of hydrogen-bond acceptors (Lipinski definition) is 5. The molecule has 6 nitrogen and oxygen atoms in total. The van der Waals surface area contributed by atoms with Crippen molar-refractivity contribution in [2.24, 2.45) is 0 Å². The largest absolute Gasteiger partial charge is 0.456 e. The van der Waals surface area contributed by atoms with Crippen molar-refractivity contribution >= 4 is 17.8 Å². The quantitative estimate of drug-likeness (QED) is 0.618. The molecule has 0 radical (unpaired) electrons. The molecule has 2 aromatic rings. The first-order chi connectivity index (χ1) is 12.1. The molecular weight excluding hydrogens is 322 g/mol. The zero-order valence-corrected chi connectivity index (χ0v) is 13.8. The van der Waals surface area contributed by atoms with Crippen molar-refractivity contribution in [3.05, 3.63) is 71.8 Å². The van der Waals surface area contributed by atoms with Crippen molar-refractivity contribution in [2.45, 2.75) is 19.6 Å². The SMILES string of the molecule is C[C@@H](NC(=O)OCc1ccccc1)C(=O)OCC(=O)c1ccccc1. The minimum Gasteiger partial charge on any atom is -0.456 e. The predicted molar refractivity (Wildman–Crippen MR) is 91.0 cm³/mol. The predicted octanol–water partition coefficient (Wildman–Crippen LogP) is 2.73. The van der Waals surface area contributed by atoms with E-state index in [0.29, 0.717) is 5.56 Å². The second-order valence-electron chi connectivity index (χ2n) is 5.32. The smallest absolute Gasteiger partial charge is 0.408 e. The summed E-state index contributed by atoms with van der Waals surface area (Å²) in [6.45, 7) is 1.17. The van der Waals surface area contributed by atoms with Crippen LogP contribution >= 0.6 is 0 Å². The van der Waals surface area contributed by atoms with Crippen LogP contribution in [0.5, 0.6) is 0 Å². The number of Topliss-reactive ketones (excluding diaryl/α,β-unsaturated/α-hetero) is 1. The van der Waals surface area contributed by atoms with Gasteiger partial charge in [-0.25, -0.2) is 9.59 Å². The number of benzene rings is 2. The lowest BCUT2D eigenvalue weighted by molar-refractivity contribution is -0.144. The first-order valence-corrected chi connectivity index (χ1v) is 7.78. The minimum absolute atomic E-state index is 0.0981. The van der Waals surface area contributed by atoms with Gasteiger partial charge >= 0.3 is 12.1 Å². The second-order valence-corrected chi connectivity index (χ2v) is 5.32. The van der Waals surface area contributed by atoms with Gasteiger partial charge in [-0.3, -0.25) is 4.79 Å². The van der Waals surface area contributed by atoms with Gasteiger partial charge in [0.1, 0.15) is 12.6 Å². The van der Waals surface area contributed by atoms with E-state index in [2.05, 4.69) is 5.32 Å². The molecule has 0 spiro atoms. The zero-order valence-electron chi connectivity index (χ0n) is 13.8. The fourth-order valence-electron chi connectivity index (χ4n) is 1.97. The summed E-state index contributed by atoms with van der Waals surface area (Å²) in [4.78, 5) is 35.4. The van der Waals surface area contributed by atoms with Crippen molar-refractivity contribution in [3.8, 4) is 0 Å². The third-order valence-electron chi connectivity index (χ3n) is 3.34. The highest BCUT2D eigenvalue weighted by atomic mass is 16.6. The summed E-state index contributed by atoms with van der Waals surface area (Å²) in [5.41, 5.74) is 1.29. The number of rotatable bonds is 7. The van der Waals surface area contributed by atoms with Crippen molar-refractivity contribution in [1.29, 1.82) is 0 Å². The number of nitrogens with one attached hydrogen (secondary N) is 1. The molecule has 0 saturated heterocycles. The van der Waals surface area contributed by atoms with E-state index in [9.17, 15) is 14.4 Å². The number of hydrogen-bond donors (Lipinski definition) is 1. The molecule has 0 bridgehead atoms. The van der Waals surface area contributed by atoms with Crippen LogP contribution in [0.2, 0.25) is 0 Å². The number of ketones is 1. The standard InChI is InChI=1S/C19H19NO5/c1-14(20-19(23)25-12-15-8-4-2-5-9-15)18(22)24-13-17(21)16-10-6-3-7-11-16/h2-11,14H,12-13H2,1H3,(H,20,23)/t14-/m1/s1. The number of carbonyl (C=O) groups excluding carboxylic acids is 3. The first kappa shape index (κ1) is 18.2. The van der Waals surface area contributed by atoms with Crippen LogP contribution in [0.1, 0.15) is 22.8 Å². The van der Waals surface area contributed by atoms with Crippen LogP contribution in [-0.2, 0) is 20.9 Å². The van der Waals surface area contributed by atoms with Gasteiger partial charge in [-0.1, -0.05) is 60.7 Å². The Morgan fingerprint density at radius 2 is 1.52 bits per heavy atom. The number of ether oxygens (including phenoxy) is 2.